The summed E-state index contributed by atoms with van der Waals surface area (Å²) >= 11 is 3.47. The van der Waals surface area contributed by atoms with Gasteiger partial charge >= 0.3 is 0 Å². The van der Waals surface area contributed by atoms with E-state index in [9.17, 15) is 4.79 Å². The molecule has 1 aromatic rings. The highest BCUT2D eigenvalue weighted by Gasteiger charge is 2.24. The van der Waals surface area contributed by atoms with E-state index in [1.807, 2.05) is 23.1 Å². The van der Waals surface area contributed by atoms with Crippen LogP contribution in [0.4, 0.5) is 0 Å². The molecular weight excluding hydrogens is 332 g/mol. The first kappa shape index (κ1) is 16.3. The predicted octanol–water partition coefficient (Wildman–Crippen LogP) is 2.60. The molecule has 1 saturated heterocycles. The third kappa shape index (κ3) is 4.45. The van der Waals surface area contributed by atoms with Crippen molar-refractivity contribution in [2.45, 2.75) is 38.8 Å². The number of benzene rings is 1. The van der Waals surface area contributed by atoms with Gasteiger partial charge in [-0.3, -0.25) is 4.79 Å². The van der Waals surface area contributed by atoms with Gasteiger partial charge in [0.1, 0.15) is 5.75 Å². The fraction of sp³-hybridized carbons (Fsp3) is 0.562. The maximum absolute atomic E-state index is 12.4. The van der Waals surface area contributed by atoms with E-state index in [-0.39, 0.29) is 5.91 Å². The summed E-state index contributed by atoms with van der Waals surface area (Å²) in [5.74, 6) is 1.06. The Hall–Kier alpha value is -1.07. The zero-order valence-electron chi connectivity index (χ0n) is 12.9. The van der Waals surface area contributed by atoms with E-state index in [0.717, 1.165) is 28.9 Å². The Kier molecular flexibility index (Phi) is 5.65. The molecule has 0 spiro atoms. The fourth-order valence-electron chi connectivity index (χ4n) is 2.87. The topological polar surface area (TPSA) is 41.6 Å². The molecule has 1 aliphatic heterocycles. The minimum absolute atomic E-state index is 0.220. The second kappa shape index (κ2) is 7.27. The van der Waals surface area contributed by atoms with E-state index in [0.29, 0.717) is 24.9 Å². The molecule has 1 N–H and O–H groups in total. The number of carbonyl (C=O) groups excluding carboxylic acids is 1. The monoisotopic (exact) mass is 354 g/mol. The lowest BCUT2D eigenvalue weighted by molar-refractivity contribution is -0.132. The average molecular weight is 355 g/mol. The molecule has 2 rings (SSSR count). The van der Waals surface area contributed by atoms with Crippen LogP contribution in [0, 0.1) is 0 Å². The molecule has 116 valence electrons. The van der Waals surface area contributed by atoms with E-state index < -0.39 is 0 Å². The van der Waals surface area contributed by atoms with Gasteiger partial charge in [0.15, 0.2) is 0 Å². The average Bonchev–Trinajstić information content (AvgIpc) is 2.43. The molecule has 0 aromatic heterocycles. The summed E-state index contributed by atoms with van der Waals surface area (Å²) in [6.45, 7) is 5.82. The van der Waals surface area contributed by atoms with Crippen molar-refractivity contribution in [1.29, 1.82) is 0 Å². The highest BCUT2D eigenvalue weighted by molar-refractivity contribution is 9.10. The lowest BCUT2D eigenvalue weighted by atomic mass is 10.1. The van der Waals surface area contributed by atoms with Crippen LogP contribution in [0.25, 0.3) is 0 Å². The van der Waals surface area contributed by atoms with Crippen molar-refractivity contribution in [2.75, 3.05) is 20.2 Å². The van der Waals surface area contributed by atoms with Gasteiger partial charge in [0, 0.05) is 36.1 Å². The van der Waals surface area contributed by atoms with Gasteiger partial charge in [0.25, 0.3) is 0 Å². The van der Waals surface area contributed by atoms with Crippen LogP contribution in [-0.2, 0) is 11.2 Å². The van der Waals surface area contributed by atoms with Crippen LogP contribution in [0.5, 0.6) is 5.75 Å². The van der Waals surface area contributed by atoms with E-state index in [4.69, 9.17) is 4.74 Å². The van der Waals surface area contributed by atoms with Gasteiger partial charge in [-0.2, -0.15) is 0 Å². The van der Waals surface area contributed by atoms with Crippen molar-refractivity contribution >= 4 is 21.8 Å². The van der Waals surface area contributed by atoms with E-state index in [1.54, 1.807) is 7.11 Å². The quantitative estimate of drug-likeness (QED) is 0.903. The molecule has 0 bridgehead atoms. The summed E-state index contributed by atoms with van der Waals surface area (Å²) in [6.07, 6.45) is 1.22. The number of halogens is 1. The Balaban J connectivity index is 1.96. The molecule has 1 aliphatic rings. The molecule has 1 heterocycles. The Morgan fingerprint density at radius 3 is 2.67 bits per heavy atom. The largest absolute Gasteiger partial charge is 0.496 e. The zero-order valence-corrected chi connectivity index (χ0v) is 14.4. The van der Waals surface area contributed by atoms with Crippen LogP contribution in [0.2, 0.25) is 0 Å². The Bertz CT molecular complexity index is 497. The van der Waals surface area contributed by atoms with Crippen molar-refractivity contribution < 1.29 is 9.53 Å². The molecule has 0 radical (unpaired) electrons. The number of rotatable bonds is 4. The zero-order chi connectivity index (χ0) is 15.4. The summed E-state index contributed by atoms with van der Waals surface area (Å²) < 4.78 is 6.37. The molecule has 4 nitrogen and oxygen atoms in total. The molecule has 1 amide bonds. The number of methoxy groups -OCH3 is 1. The molecule has 1 fully saturated rings. The van der Waals surface area contributed by atoms with Gasteiger partial charge in [-0.1, -0.05) is 15.9 Å². The van der Waals surface area contributed by atoms with Crippen molar-refractivity contribution in [2.24, 2.45) is 0 Å². The predicted molar refractivity (Wildman–Crippen MR) is 87.7 cm³/mol. The number of carbonyl (C=O) groups is 1. The van der Waals surface area contributed by atoms with Crippen LogP contribution >= 0.6 is 15.9 Å². The summed E-state index contributed by atoms with van der Waals surface area (Å²) in [4.78, 5) is 14.4. The molecule has 0 aliphatic carbocycles. The minimum Gasteiger partial charge on any atom is -0.496 e. The number of nitrogens with zero attached hydrogens (tertiary/aromatic N) is 1. The van der Waals surface area contributed by atoms with Gasteiger partial charge in [-0.15, -0.1) is 0 Å². The van der Waals surface area contributed by atoms with Gasteiger partial charge in [0.05, 0.1) is 7.11 Å². The maximum atomic E-state index is 12.4. The first-order valence-electron chi connectivity index (χ1n) is 7.36. The maximum Gasteiger partial charge on any atom is 0.223 e. The molecule has 0 saturated carbocycles. The fourth-order valence-corrected chi connectivity index (χ4v) is 3.28. The smallest absolute Gasteiger partial charge is 0.223 e. The van der Waals surface area contributed by atoms with Gasteiger partial charge in [-0.25, -0.2) is 0 Å². The Labute approximate surface area is 135 Å². The minimum atomic E-state index is 0.220. The number of hydrogen-bond acceptors (Lipinski definition) is 3. The molecule has 21 heavy (non-hydrogen) atoms. The number of ether oxygens (including phenoxy) is 1. The van der Waals surface area contributed by atoms with Gasteiger partial charge in [0.2, 0.25) is 5.91 Å². The molecule has 1 aromatic carbocycles. The summed E-state index contributed by atoms with van der Waals surface area (Å²) in [7, 11) is 1.66. The third-order valence-electron chi connectivity index (χ3n) is 3.76. The first-order chi connectivity index (χ1) is 9.99. The molecule has 5 heteroatoms. The summed E-state index contributed by atoms with van der Waals surface area (Å²) in [5.41, 5.74) is 1.07. The summed E-state index contributed by atoms with van der Waals surface area (Å²) in [6, 6.07) is 6.62. The van der Waals surface area contributed by atoms with Crippen molar-refractivity contribution in [3.63, 3.8) is 0 Å². The number of aryl methyl sites for hydroxylation is 1. The van der Waals surface area contributed by atoms with Crippen LogP contribution in [-0.4, -0.2) is 43.1 Å². The van der Waals surface area contributed by atoms with E-state index in [1.165, 1.54) is 0 Å². The SMILES string of the molecule is COc1ccc(Br)cc1CCC(=O)N1C[C@@H](C)N[C@H](C)C1. The van der Waals surface area contributed by atoms with Crippen LogP contribution in [0.3, 0.4) is 0 Å². The summed E-state index contributed by atoms with van der Waals surface area (Å²) in [5, 5.41) is 3.44. The van der Waals surface area contributed by atoms with E-state index >= 15 is 0 Å². The standard InChI is InChI=1S/C16H23BrN2O2/c1-11-9-19(10-12(2)18-11)16(20)7-4-13-8-14(17)5-6-15(13)21-3/h5-6,8,11-12,18H,4,7,9-10H2,1-3H3/t11-,12-/m1/s1. The second-order valence-electron chi connectivity index (χ2n) is 5.72. The number of piperazine rings is 1. The molecule has 2 atom stereocenters. The lowest BCUT2D eigenvalue weighted by Gasteiger charge is -2.36. The van der Waals surface area contributed by atoms with Crippen LogP contribution in [0.1, 0.15) is 25.8 Å². The molecule has 0 unspecified atom stereocenters. The highest BCUT2D eigenvalue weighted by atomic mass is 79.9. The Morgan fingerprint density at radius 1 is 1.38 bits per heavy atom. The first-order valence-corrected chi connectivity index (χ1v) is 8.15. The molecular formula is C16H23BrN2O2. The normalized spacial score (nSPS) is 22.2. The third-order valence-corrected chi connectivity index (χ3v) is 4.25. The van der Waals surface area contributed by atoms with Gasteiger partial charge < -0.3 is 15.0 Å². The Morgan fingerprint density at radius 2 is 2.05 bits per heavy atom. The number of amides is 1. The highest BCUT2D eigenvalue weighted by Crippen LogP contribution is 2.24. The lowest BCUT2D eigenvalue weighted by Crippen LogP contribution is -2.55. The van der Waals surface area contributed by atoms with Crippen LogP contribution < -0.4 is 10.1 Å². The van der Waals surface area contributed by atoms with E-state index in [2.05, 4.69) is 35.1 Å². The van der Waals surface area contributed by atoms with Crippen molar-refractivity contribution in [3.05, 3.63) is 28.2 Å². The second-order valence-corrected chi connectivity index (χ2v) is 6.64. The van der Waals surface area contributed by atoms with Gasteiger partial charge in [-0.05, 0) is 44.0 Å². The van der Waals surface area contributed by atoms with Crippen LogP contribution in [0.15, 0.2) is 22.7 Å². The van der Waals surface area contributed by atoms with Crippen molar-refractivity contribution in [3.8, 4) is 5.75 Å². The number of hydrogen-bond donors (Lipinski definition) is 1. The van der Waals surface area contributed by atoms with Crippen molar-refractivity contribution in [1.82, 2.24) is 10.2 Å². The number of nitrogens with one attached hydrogen (secondary N) is 1.